The molecule has 0 aromatic rings. The van der Waals surface area contributed by atoms with Crippen molar-refractivity contribution in [1.29, 1.82) is 0 Å². The molecule has 0 aromatic heterocycles. The Kier molecular flexibility index (Phi) is 2.89. The minimum absolute atomic E-state index is 0.148. The van der Waals surface area contributed by atoms with E-state index in [1.54, 1.807) is 0 Å². The molecule has 1 aliphatic rings. The van der Waals surface area contributed by atoms with Crippen molar-refractivity contribution in [1.82, 2.24) is 0 Å². The second-order valence-corrected chi connectivity index (χ2v) is 5.15. The second-order valence-electron chi connectivity index (χ2n) is 5.15. The number of hydrogen-bond acceptors (Lipinski definition) is 2. The van der Waals surface area contributed by atoms with Crippen LogP contribution in [-0.4, -0.2) is 18.1 Å². The van der Waals surface area contributed by atoms with Gasteiger partial charge in [0, 0.05) is 11.6 Å². The van der Waals surface area contributed by atoms with Gasteiger partial charge in [-0.25, -0.2) is 0 Å². The summed E-state index contributed by atoms with van der Waals surface area (Å²) >= 11 is 0. The van der Waals surface area contributed by atoms with Gasteiger partial charge in [-0.2, -0.15) is 0 Å². The minimum atomic E-state index is 0.148. The van der Waals surface area contributed by atoms with E-state index in [2.05, 4.69) is 44.6 Å². The van der Waals surface area contributed by atoms with Crippen LogP contribution in [-0.2, 0) is 0 Å². The highest BCUT2D eigenvalue weighted by atomic mass is 15.0. The van der Waals surface area contributed by atoms with E-state index in [1.807, 2.05) is 6.21 Å². The normalized spacial score (nSPS) is 22.6. The first kappa shape index (κ1) is 10.4. The molecule has 1 rings (SSSR count). The van der Waals surface area contributed by atoms with E-state index in [0.29, 0.717) is 5.92 Å². The molecule has 0 aromatic carbocycles. The van der Waals surface area contributed by atoms with Crippen LogP contribution in [0.5, 0.6) is 0 Å². The van der Waals surface area contributed by atoms with E-state index in [-0.39, 0.29) is 11.6 Å². The Balaban J connectivity index is 2.61. The topological polar surface area (TPSA) is 24.7 Å². The number of aliphatic imine (C=N–C) groups is 2. The van der Waals surface area contributed by atoms with Crippen molar-refractivity contribution in [3.8, 4) is 0 Å². The highest BCUT2D eigenvalue weighted by Crippen LogP contribution is 2.21. The lowest BCUT2D eigenvalue weighted by Crippen LogP contribution is -2.20. The molecule has 0 bridgehead atoms. The van der Waals surface area contributed by atoms with Gasteiger partial charge in [0.15, 0.2) is 0 Å². The third-order valence-electron chi connectivity index (χ3n) is 2.11. The van der Waals surface area contributed by atoms with E-state index in [0.717, 1.165) is 12.1 Å². The molecule has 0 N–H and O–H groups in total. The molecule has 1 unspecified atom stereocenters. The van der Waals surface area contributed by atoms with Crippen LogP contribution in [0.3, 0.4) is 0 Å². The van der Waals surface area contributed by atoms with Crippen LogP contribution in [0.15, 0.2) is 9.98 Å². The zero-order valence-electron chi connectivity index (χ0n) is 9.33. The van der Waals surface area contributed by atoms with Gasteiger partial charge in [-0.1, -0.05) is 34.6 Å². The van der Waals surface area contributed by atoms with Crippen LogP contribution >= 0.6 is 0 Å². The predicted molar refractivity (Wildman–Crippen MR) is 58.6 cm³/mol. The maximum Gasteiger partial charge on any atom is 0.140 e. The zero-order chi connectivity index (χ0) is 10.1. The number of hydrogen-bond donors (Lipinski definition) is 0. The van der Waals surface area contributed by atoms with Gasteiger partial charge in [-0.15, -0.1) is 0 Å². The molecular weight excluding hydrogens is 160 g/mol. The van der Waals surface area contributed by atoms with Crippen LogP contribution in [0.2, 0.25) is 0 Å². The number of rotatable bonds is 2. The largest absolute Gasteiger partial charge is 0.265 e. The maximum atomic E-state index is 4.59. The van der Waals surface area contributed by atoms with Gasteiger partial charge >= 0.3 is 0 Å². The van der Waals surface area contributed by atoms with Gasteiger partial charge in [0.2, 0.25) is 0 Å². The lowest BCUT2D eigenvalue weighted by Gasteiger charge is -2.16. The molecule has 2 nitrogen and oxygen atoms in total. The van der Waals surface area contributed by atoms with E-state index in [1.165, 1.54) is 0 Å². The number of nitrogens with zero attached hydrogens (tertiary/aromatic N) is 2. The summed E-state index contributed by atoms with van der Waals surface area (Å²) in [6.45, 7) is 10.9. The molecule has 0 spiro atoms. The smallest absolute Gasteiger partial charge is 0.140 e. The van der Waals surface area contributed by atoms with Crippen LogP contribution in [0.25, 0.3) is 0 Å². The van der Waals surface area contributed by atoms with Crippen molar-refractivity contribution in [2.24, 2.45) is 21.3 Å². The van der Waals surface area contributed by atoms with E-state index in [4.69, 9.17) is 0 Å². The summed E-state index contributed by atoms with van der Waals surface area (Å²) in [5.41, 5.74) is 1.29. The molecule has 1 atom stereocenters. The first-order chi connectivity index (χ1) is 5.89. The maximum absolute atomic E-state index is 4.59. The fraction of sp³-hybridized carbons (Fsp3) is 0.818. The Morgan fingerprint density at radius 1 is 1.38 bits per heavy atom. The van der Waals surface area contributed by atoms with Crippen molar-refractivity contribution < 1.29 is 0 Å². The van der Waals surface area contributed by atoms with Crippen LogP contribution in [0.1, 0.15) is 41.0 Å². The summed E-state index contributed by atoms with van der Waals surface area (Å²) in [4.78, 5) is 8.99. The summed E-state index contributed by atoms with van der Waals surface area (Å²) in [5, 5.41) is 0. The molecule has 2 heteroatoms. The summed E-state index contributed by atoms with van der Waals surface area (Å²) in [7, 11) is 0. The van der Waals surface area contributed by atoms with Crippen LogP contribution in [0.4, 0.5) is 0 Å². The fourth-order valence-corrected chi connectivity index (χ4v) is 1.31. The summed E-state index contributed by atoms with van der Waals surface area (Å²) < 4.78 is 0. The molecule has 13 heavy (non-hydrogen) atoms. The van der Waals surface area contributed by atoms with Crippen molar-refractivity contribution >= 4 is 11.9 Å². The fourth-order valence-electron chi connectivity index (χ4n) is 1.31. The molecule has 0 saturated carbocycles. The summed E-state index contributed by atoms with van der Waals surface area (Å²) in [6.07, 6.45) is 3.19. The summed E-state index contributed by atoms with van der Waals surface area (Å²) in [6, 6.07) is 0. The predicted octanol–water partition coefficient (Wildman–Crippen LogP) is 2.93. The molecule has 0 radical (unpaired) electrons. The van der Waals surface area contributed by atoms with Crippen molar-refractivity contribution in [2.75, 3.05) is 0 Å². The van der Waals surface area contributed by atoms with Crippen LogP contribution in [0, 0.1) is 11.3 Å². The highest BCUT2D eigenvalue weighted by Gasteiger charge is 2.22. The van der Waals surface area contributed by atoms with E-state index >= 15 is 0 Å². The van der Waals surface area contributed by atoms with Gasteiger partial charge in [-0.05, 0) is 12.3 Å². The Morgan fingerprint density at radius 2 is 2.00 bits per heavy atom. The van der Waals surface area contributed by atoms with E-state index < -0.39 is 0 Å². The highest BCUT2D eigenvalue weighted by molar-refractivity contribution is 6.33. The third kappa shape index (κ3) is 2.94. The Hall–Kier alpha value is -0.660. The van der Waals surface area contributed by atoms with Gasteiger partial charge in [0.05, 0.1) is 5.71 Å². The average Bonchev–Trinajstić information content (AvgIpc) is 2.32. The minimum Gasteiger partial charge on any atom is -0.265 e. The molecule has 0 amide bonds. The lowest BCUT2D eigenvalue weighted by molar-refractivity contribution is 0.510. The third-order valence-corrected chi connectivity index (χ3v) is 2.11. The monoisotopic (exact) mass is 180 g/mol. The molecule has 1 heterocycles. The first-order valence-electron chi connectivity index (χ1n) is 5.01. The van der Waals surface area contributed by atoms with Crippen molar-refractivity contribution in [3.63, 3.8) is 0 Å². The van der Waals surface area contributed by atoms with Crippen molar-refractivity contribution in [2.45, 2.75) is 47.2 Å². The Morgan fingerprint density at radius 3 is 2.38 bits per heavy atom. The van der Waals surface area contributed by atoms with Crippen LogP contribution < -0.4 is 0 Å². The Labute approximate surface area is 81.2 Å². The van der Waals surface area contributed by atoms with Gasteiger partial charge in [0.25, 0.3) is 0 Å². The van der Waals surface area contributed by atoms with E-state index in [9.17, 15) is 0 Å². The summed E-state index contributed by atoms with van der Waals surface area (Å²) in [5.74, 6) is 0.671. The average molecular weight is 180 g/mol. The zero-order valence-corrected chi connectivity index (χ0v) is 9.33. The molecule has 0 fully saturated rings. The first-order valence-corrected chi connectivity index (χ1v) is 5.01. The van der Waals surface area contributed by atoms with Gasteiger partial charge < -0.3 is 0 Å². The Bertz CT molecular complexity index is 231. The molecule has 1 aliphatic heterocycles. The molecule has 0 saturated heterocycles. The second kappa shape index (κ2) is 3.60. The molecular formula is C11H20N2. The quantitative estimate of drug-likeness (QED) is 0.624. The van der Waals surface area contributed by atoms with Gasteiger partial charge in [0.1, 0.15) is 6.17 Å². The van der Waals surface area contributed by atoms with Gasteiger partial charge in [-0.3, -0.25) is 9.98 Å². The molecule has 74 valence electrons. The lowest BCUT2D eigenvalue weighted by atomic mass is 9.91. The molecule has 0 aliphatic carbocycles. The van der Waals surface area contributed by atoms with Crippen molar-refractivity contribution in [3.05, 3.63) is 0 Å². The standard InChI is InChI=1S/C11H20N2/c1-8(2)6-10-12-7-9(13-10)11(3,4)5/h7-8,10H,6H2,1-5H3. The SMILES string of the molecule is CC(C)CC1N=CC(C(C)(C)C)=N1.